The van der Waals surface area contributed by atoms with Gasteiger partial charge in [0.05, 0.1) is 22.9 Å². The number of hydrogen-bond acceptors (Lipinski definition) is 2. The van der Waals surface area contributed by atoms with Gasteiger partial charge in [0.25, 0.3) is 0 Å². The van der Waals surface area contributed by atoms with E-state index in [1.165, 1.54) is 0 Å². The van der Waals surface area contributed by atoms with Crippen LogP contribution in [-0.4, -0.2) is 20.6 Å². The molecule has 0 atom stereocenters. The average Bonchev–Trinajstić information content (AvgIpc) is 2.64. The molecule has 1 aliphatic heterocycles. The SMILES string of the molecule is O=C(O)C1=Cn2cnc3cccc(c32)C1. The number of aliphatic carboxylic acids is 1. The zero-order valence-electron chi connectivity index (χ0n) is 7.84. The maximum absolute atomic E-state index is 10.9. The number of carboxylic acid groups (broad SMARTS) is 1. The van der Waals surface area contributed by atoms with Crippen molar-refractivity contribution in [3.8, 4) is 0 Å². The van der Waals surface area contributed by atoms with Crippen LogP contribution in [0.4, 0.5) is 0 Å². The zero-order chi connectivity index (χ0) is 10.4. The Balaban J connectivity index is 2.33. The zero-order valence-corrected chi connectivity index (χ0v) is 7.84. The smallest absolute Gasteiger partial charge is 0.333 e. The molecule has 2 aromatic rings. The lowest BCUT2D eigenvalue weighted by molar-refractivity contribution is -0.132. The lowest BCUT2D eigenvalue weighted by Crippen LogP contribution is -2.09. The summed E-state index contributed by atoms with van der Waals surface area (Å²) in [6.07, 6.45) is 3.75. The number of aromatic nitrogens is 2. The van der Waals surface area contributed by atoms with E-state index in [0.29, 0.717) is 12.0 Å². The van der Waals surface area contributed by atoms with Gasteiger partial charge in [-0.15, -0.1) is 0 Å². The lowest BCUT2D eigenvalue weighted by Gasteiger charge is -2.12. The summed E-state index contributed by atoms with van der Waals surface area (Å²) in [6.45, 7) is 0. The van der Waals surface area contributed by atoms with Gasteiger partial charge in [-0.3, -0.25) is 0 Å². The first-order valence-electron chi connectivity index (χ1n) is 4.64. The van der Waals surface area contributed by atoms with Crippen LogP contribution in [-0.2, 0) is 11.2 Å². The number of nitrogens with zero attached hydrogens (tertiary/aromatic N) is 2. The van der Waals surface area contributed by atoms with Gasteiger partial charge in [-0.05, 0) is 11.6 Å². The maximum atomic E-state index is 10.9. The molecule has 0 spiro atoms. The van der Waals surface area contributed by atoms with Crippen LogP contribution in [0.1, 0.15) is 5.56 Å². The van der Waals surface area contributed by atoms with E-state index in [2.05, 4.69) is 4.98 Å². The summed E-state index contributed by atoms with van der Waals surface area (Å²) in [7, 11) is 0. The fourth-order valence-corrected chi connectivity index (χ4v) is 1.95. The molecule has 0 bridgehead atoms. The van der Waals surface area contributed by atoms with Crippen molar-refractivity contribution in [3.63, 3.8) is 0 Å². The Kier molecular flexibility index (Phi) is 1.48. The summed E-state index contributed by atoms with van der Waals surface area (Å²) >= 11 is 0. The Morgan fingerprint density at radius 3 is 3.13 bits per heavy atom. The Bertz CT molecular complexity index is 596. The quantitative estimate of drug-likeness (QED) is 0.759. The molecule has 1 N–H and O–H groups in total. The van der Waals surface area contributed by atoms with Gasteiger partial charge in [-0.1, -0.05) is 12.1 Å². The number of carbonyl (C=O) groups is 1. The minimum absolute atomic E-state index is 0.396. The van der Waals surface area contributed by atoms with Crippen molar-refractivity contribution < 1.29 is 9.90 Å². The third-order valence-corrected chi connectivity index (χ3v) is 2.63. The van der Waals surface area contributed by atoms with E-state index in [9.17, 15) is 4.79 Å². The summed E-state index contributed by atoms with van der Waals surface area (Å²) in [4.78, 5) is 15.1. The molecule has 0 fully saturated rings. The first-order valence-corrected chi connectivity index (χ1v) is 4.64. The molecule has 0 unspecified atom stereocenters. The van der Waals surface area contributed by atoms with Crippen LogP contribution in [0.25, 0.3) is 17.2 Å². The van der Waals surface area contributed by atoms with Gasteiger partial charge in [-0.25, -0.2) is 9.78 Å². The highest BCUT2D eigenvalue weighted by atomic mass is 16.4. The highest BCUT2D eigenvalue weighted by Gasteiger charge is 2.17. The highest BCUT2D eigenvalue weighted by molar-refractivity contribution is 5.95. The first kappa shape index (κ1) is 8.23. The largest absolute Gasteiger partial charge is 0.478 e. The summed E-state index contributed by atoms with van der Waals surface area (Å²) in [5, 5.41) is 8.95. The summed E-state index contributed by atoms with van der Waals surface area (Å²) in [5.74, 6) is -0.869. The number of carboxylic acids is 1. The average molecular weight is 200 g/mol. The van der Waals surface area contributed by atoms with Gasteiger partial charge in [-0.2, -0.15) is 0 Å². The van der Waals surface area contributed by atoms with Crippen LogP contribution in [0.2, 0.25) is 0 Å². The van der Waals surface area contributed by atoms with E-state index >= 15 is 0 Å². The van der Waals surface area contributed by atoms with Crippen LogP contribution in [0, 0.1) is 0 Å². The van der Waals surface area contributed by atoms with Gasteiger partial charge in [0.2, 0.25) is 0 Å². The van der Waals surface area contributed by atoms with Crippen LogP contribution in [0.3, 0.4) is 0 Å². The predicted octanol–water partition coefficient (Wildman–Crippen LogP) is 1.52. The third-order valence-electron chi connectivity index (χ3n) is 2.63. The Morgan fingerprint density at radius 1 is 1.47 bits per heavy atom. The minimum Gasteiger partial charge on any atom is -0.478 e. The van der Waals surface area contributed by atoms with Crippen molar-refractivity contribution in [1.29, 1.82) is 0 Å². The fraction of sp³-hybridized carbons (Fsp3) is 0.0909. The number of para-hydroxylation sites is 1. The van der Waals surface area contributed by atoms with Crippen LogP contribution in [0.5, 0.6) is 0 Å². The van der Waals surface area contributed by atoms with E-state index in [0.717, 1.165) is 16.6 Å². The Morgan fingerprint density at radius 2 is 2.33 bits per heavy atom. The number of rotatable bonds is 1. The van der Waals surface area contributed by atoms with Crippen molar-refractivity contribution in [1.82, 2.24) is 9.55 Å². The van der Waals surface area contributed by atoms with Crippen LogP contribution < -0.4 is 0 Å². The Labute approximate surface area is 85.5 Å². The molecule has 0 amide bonds. The van der Waals surface area contributed by atoms with E-state index in [-0.39, 0.29) is 0 Å². The topological polar surface area (TPSA) is 55.1 Å². The van der Waals surface area contributed by atoms with E-state index in [1.54, 1.807) is 17.1 Å². The second-order valence-electron chi connectivity index (χ2n) is 3.57. The molecular weight excluding hydrogens is 192 g/mol. The maximum Gasteiger partial charge on any atom is 0.333 e. The van der Waals surface area contributed by atoms with Crippen molar-refractivity contribution in [2.45, 2.75) is 6.42 Å². The molecule has 0 radical (unpaired) electrons. The van der Waals surface area contributed by atoms with E-state index in [4.69, 9.17) is 5.11 Å². The molecule has 2 heterocycles. The van der Waals surface area contributed by atoms with Gasteiger partial charge < -0.3 is 9.67 Å². The minimum atomic E-state index is -0.869. The molecule has 0 saturated carbocycles. The lowest BCUT2D eigenvalue weighted by atomic mass is 10.0. The molecule has 1 aliphatic rings. The molecule has 15 heavy (non-hydrogen) atoms. The summed E-state index contributed by atoms with van der Waals surface area (Å²) in [5.41, 5.74) is 3.34. The van der Waals surface area contributed by atoms with Crippen molar-refractivity contribution in [3.05, 3.63) is 35.7 Å². The van der Waals surface area contributed by atoms with Crippen LogP contribution >= 0.6 is 0 Å². The van der Waals surface area contributed by atoms with Gasteiger partial charge in [0, 0.05) is 12.6 Å². The van der Waals surface area contributed by atoms with E-state index < -0.39 is 5.97 Å². The van der Waals surface area contributed by atoms with Crippen molar-refractivity contribution in [2.75, 3.05) is 0 Å². The van der Waals surface area contributed by atoms with Crippen molar-refractivity contribution in [2.24, 2.45) is 0 Å². The summed E-state index contributed by atoms with van der Waals surface area (Å²) < 4.78 is 1.78. The molecule has 1 aromatic heterocycles. The second kappa shape index (κ2) is 2.70. The molecule has 0 saturated heterocycles. The molecule has 74 valence electrons. The monoisotopic (exact) mass is 200 g/mol. The number of benzene rings is 1. The van der Waals surface area contributed by atoms with Crippen LogP contribution in [0.15, 0.2) is 30.1 Å². The predicted molar refractivity (Wildman–Crippen MR) is 55.3 cm³/mol. The molecule has 0 aliphatic carbocycles. The number of hydrogen-bond donors (Lipinski definition) is 1. The highest BCUT2D eigenvalue weighted by Crippen LogP contribution is 2.25. The Hall–Kier alpha value is -2.10. The van der Waals surface area contributed by atoms with E-state index in [1.807, 2.05) is 18.2 Å². The second-order valence-corrected chi connectivity index (χ2v) is 3.57. The molecule has 3 rings (SSSR count). The fourth-order valence-electron chi connectivity index (χ4n) is 1.95. The standard InChI is InChI=1S/C11H8N2O2/c14-11(15)8-4-7-2-1-3-9-10(7)13(5-8)6-12-9/h1-3,5-6H,4H2,(H,14,15). The van der Waals surface area contributed by atoms with Crippen molar-refractivity contribution >= 4 is 23.2 Å². The van der Waals surface area contributed by atoms with Gasteiger partial charge in [0.1, 0.15) is 0 Å². The molecule has 4 nitrogen and oxygen atoms in total. The molecule has 4 heteroatoms. The normalized spacial score (nSPS) is 14.0. The third kappa shape index (κ3) is 1.08. The number of imidazole rings is 1. The first-order chi connectivity index (χ1) is 7.25. The molecule has 1 aromatic carbocycles. The summed E-state index contributed by atoms with van der Waals surface area (Å²) in [6, 6.07) is 5.77. The molecular formula is C11H8N2O2. The van der Waals surface area contributed by atoms with Gasteiger partial charge >= 0.3 is 5.97 Å². The van der Waals surface area contributed by atoms with Gasteiger partial charge in [0.15, 0.2) is 0 Å².